The van der Waals surface area contributed by atoms with Gasteiger partial charge in [0.2, 0.25) is 15.9 Å². The first-order chi connectivity index (χ1) is 20.0. The molecule has 1 amide bonds. The van der Waals surface area contributed by atoms with Gasteiger partial charge in [-0.1, -0.05) is 64.1 Å². The van der Waals surface area contributed by atoms with Crippen molar-refractivity contribution >= 4 is 38.4 Å². The molecule has 2 heterocycles. The molecule has 0 spiro atoms. The number of esters is 1. The highest BCUT2D eigenvalue weighted by atomic mass is 32.2. The summed E-state index contributed by atoms with van der Waals surface area (Å²) in [5.41, 5.74) is 3.79. The second kappa shape index (κ2) is 13.8. The van der Waals surface area contributed by atoms with Crippen LogP contribution in [0, 0.1) is 0 Å². The summed E-state index contributed by atoms with van der Waals surface area (Å²) < 4.78 is 33.7. The maximum Gasteiger partial charge on any atom is 0.311 e. The van der Waals surface area contributed by atoms with Crippen LogP contribution < -0.4 is 10.6 Å². The molecular weight excluding hydrogens is 572 g/mol. The highest BCUT2D eigenvalue weighted by Gasteiger charge is 2.41. The molecule has 0 bridgehead atoms. The molecule has 0 aliphatic carbocycles. The van der Waals surface area contributed by atoms with Gasteiger partial charge in [0, 0.05) is 24.5 Å². The number of carbonyl (C=O) groups is 2. The molecule has 2 aromatic carbocycles. The first kappa shape index (κ1) is 31.7. The molecule has 11 heteroatoms. The molecule has 1 aliphatic heterocycles. The Labute approximate surface area is 252 Å². The minimum Gasteiger partial charge on any atom is -0.469 e. The van der Waals surface area contributed by atoms with Gasteiger partial charge >= 0.3 is 5.97 Å². The maximum absolute atomic E-state index is 13.8. The van der Waals surface area contributed by atoms with E-state index >= 15 is 0 Å². The molecule has 0 radical (unpaired) electrons. The van der Waals surface area contributed by atoms with Crippen molar-refractivity contribution in [3.63, 3.8) is 0 Å². The van der Waals surface area contributed by atoms with Crippen LogP contribution in [0.2, 0.25) is 0 Å². The van der Waals surface area contributed by atoms with Crippen LogP contribution in [0.25, 0.3) is 0 Å². The lowest BCUT2D eigenvalue weighted by Gasteiger charge is -2.37. The number of benzene rings is 2. The van der Waals surface area contributed by atoms with Gasteiger partial charge in [0.15, 0.2) is 5.13 Å². The normalized spacial score (nSPS) is 17.8. The Morgan fingerprint density at radius 1 is 1.02 bits per heavy atom. The van der Waals surface area contributed by atoms with E-state index < -0.39 is 16.1 Å². The zero-order valence-corrected chi connectivity index (χ0v) is 26.4. The number of thiazole rings is 1. The van der Waals surface area contributed by atoms with Gasteiger partial charge in [-0.15, -0.1) is 11.3 Å². The molecule has 2 N–H and O–H groups in total. The molecule has 1 aliphatic rings. The Bertz CT molecular complexity index is 1470. The minimum absolute atomic E-state index is 0.0736. The number of piperidine rings is 1. The monoisotopic (exact) mass is 612 g/mol. The van der Waals surface area contributed by atoms with E-state index in [9.17, 15) is 18.0 Å². The van der Waals surface area contributed by atoms with Crippen LogP contribution in [0.3, 0.4) is 0 Å². The SMILES string of the molecule is COC(=O)Cc1csc(N[C@@H]2CCN(S(=O)(=O)c3ccc(C(C)C)cc3)[C@@H](C(=O)NCc3ccc(C(C)C)cc3)C2)n1. The molecule has 1 aromatic heterocycles. The zero-order valence-electron chi connectivity index (χ0n) is 24.8. The van der Waals surface area contributed by atoms with Crippen molar-refractivity contribution in [2.24, 2.45) is 0 Å². The predicted molar refractivity (Wildman–Crippen MR) is 165 cm³/mol. The second-order valence-electron chi connectivity index (χ2n) is 11.2. The van der Waals surface area contributed by atoms with Crippen molar-refractivity contribution in [2.45, 2.75) is 82.3 Å². The number of nitrogens with one attached hydrogen (secondary N) is 2. The van der Waals surface area contributed by atoms with E-state index in [1.165, 1.54) is 28.3 Å². The van der Waals surface area contributed by atoms with Crippen molar-refractivity contribution in [1.29, 1.82) is 0 Å². The van der Waals surface area contributed by atoms with E-state index in [-0.39, 0.29) is 48.1 Å². The highest BCUT2D eigenvalue weighted by molar-refractivity contribution is 7.89. The van der Waals surface area contributed by atoms with Crippen LogP contribution >= 0.6 is 11.3 Å². The average Bonchev–Trinajstić information content (AvgIpc) is 3.42. The van der Waals surface area contributed by atoms with Gasteiger partial charge in [0.05, 0.1) is 24.1 Å². The molecule has 1 fully saturated rings. The number of hydrogen-bond acceptors (Lipinski definition) is 8. The first-order valence-electron chi connectivity index (χ1n) is 14.2. The van der Waals surface area contributed by atoms with Gasteiger partial charge in [-0.2, -0.15) is 4.31 Å². The predicted octanol–water partition coefficient (Wildman–Crippen LogP) is 5.06. The van der Waals surface area contributed by atoms with Gasteiger partial charge in [-0.3, -0.25) is 9.59 Å². The van der Waals surface area contributed by atoms with E-state index in [0.29, 0.717) is 29.7 Å². The molecule has 0 saturated carbocycles. The topological polar surface area (TPSA) is 118 Å². The summed E-state index contributed by atoms with van der Waals surface area (Å²) in [7, 11) is -2.59. The number of methoxy groups -OCH3 is 1. The lowest BCUT2D eigenvalue weighted by molar-refractivity contribution is -0.139. The smallest absolute Gasteiger partial charge is 0.311 e. The third-order valence-electron chi connectivity index (χ3n) is 7.55. The maximum atomic E-state index is 13.8. The van der Waals surface area contributed by atoms with E-state index in [2.05, 4.69) is 43.3 Å². The summed E-state index contributed by atoms with van der Waals surface area (Å²) in [5, 5.41) is 8.73. The zero-order chi connectivity index (χ0) is 30.4. The second-order valence-corrected chi connectivity index (χ2v) is 14.0. The Balaban J connectivity index is 1.53. The van der Waals surface area contributed by atoms with Crippen molar-refractivity contribution in [3.05, 3.63) is 76.3 Å². The van der Waals surface area contributed by atoms with Gasteiger partial charge in [0.1, 0.15) is 6.04 Å². The Morgan fingerprint density at radius 2 is 1.64 bits per heavy atom. The fourth-order valence-corrected chi connectivity index (χ4v) is 7.34. The molecule has 4 rings (SSSR count). The summed E-state index contributed by atoms with van der Waals surface area (Å²) in [6, 6.07) is 13.9. The highest BCUT2D eigenvalue weighted by Crippen LogP contribution is 2.29. The van der Waals surface area contributed by atoms with Crippen LogP contribution in [0.1, 0.15) is 74.8 Å². The summed E-state index contributed by atoms with van der Waals surface area (Å²) in [6.07, 6.45) is 0.840. The number of rotatable bonds is 11. The van der Waals surface area contributed by atoms with Crippen molar-refractivity contribution in [2.75, 3.05) is 19.0 Å². The van der Waals surface area contributed by atoms with Crippen LogP contribution in [0.5, 0.6) is 0 Å². The van der Waals surface area contributed by atoms with Gasteiger partial charge in [0.25, 0.3) is 0 Å². The van der Waals surface area contributed by atoms with Gasteiger partial charge in [-0.05, 0) is 53.5 Å². The number of amides is 1. The standard InChI is InChI=1S/C31H40N4O5S2/c1-20(2)23-8-6-22(7-9-23)18-32-30(37)28-16-25(33-31-34-26(19-41-31)17-29(36)40-5)14-15-35(28)42(38,39)27-12-10-24(11-13-27)21(3)4/h6-13,19-21,25,28H,14-18H2,1-5H3,(H,32,37)(H,33,34)/t25-,28-/m1/s1. The van der Waals surface area contributed by atoms with Gasteiger partial charge < -0.3 is 15.4 Å². The number of carbonyl (C=O) groups excluding carboxylic acids is 2. The number of nitrogens with zero attached hydrogens (tertiary/aromatic N) is 2. The van der Waals surface area contributed by atoms with Crippen molar-refractivity contribution in [3.8, 4) is 0 Å². The molecule has 1 saturated heterocycles. The number of sulfonamides is 1. The van der Waals surface area contributed by atoms with Gasteiger partial charge in [-0.25, -0.2) is 13.4 Å². The molecule has 2 atom stereocenters. The number of anilines is 1. The van der Waals surface area contributed by atoms with Crippen LogP contribution in [0.4, 0.5) is 5.13 Å². The van der Waals surface area contributed by atoms with E-state index in [1.807, 2.05) is 36.4 Å². The Hall–Kier alpha value is -3.28. The Kier molecular flexibility index (Phi) is 10.4. The fourth-order valence-electron chi connectivity index (χ4n) is 4.94. The molecule has 0 unspecified atom stereocenters. The minimum atomic E-state index is -3.93. The van der Waals surface area contributed by atoms with Crippen LogP contribution in [-0.2, 0) is 37.3 Å². The molecular formula is C31H40N4O5S2. The summed E-state index contributed by atoms with van der Waals surface area (Å²) in [6.45, 7) is 8.83. The average molecular weight is 613 g/mol. The molecule has 9 nitrogen and oxygen atoms in total. The fraction of sp³-hybridized carbons (Fsp3) is 0.452. The third-order valence-corrected chi connectivity index (χ3v) is 10.3. The van der Waals surface area contributed by atoms with Crippen LogP contribution in [-0.4, -0.2) is 55.3 Å². The number of hydrogen-bond donors (Lipinski definition) is 2. The lowest BCUT2D eigenvalue weighted by atomic mass is 9.98. The van der Waals surface area contributed by atoms with Crippen molar-refractivity contribution < 1.29 is 22.7 Å². The summed E-state index contributed by atoms with van der Waals surface area (Å²) in [5.74, 6) is -0.0385. The lowest BCUT2D eigenvalue weighted by Crippen LogP contribution is -2.55. The van der Waals surface area contributed by atoms with E-state index in [0.717, 1.165) is 11.1 Å². The quantitative estimate of drug-likeness (QED) is 0.291. The largest absolute Gasteiger partial charge is 0.469 e. The van der Waals surface area contributed by atoms with E-state index in [1.54, 1.807) is 17.5 Å². The Morgan fingerprint density at radius 3 is 2.24 bits per heavy atom. The number of ether oxygens (including phenoxy) is 1. The molecule has 226 valence electrons. The number of aromatic nitrogens is 1. The molecule has 42 heavy (non-hydrogen) atoms. The van der Waals surface area contributed by atoms with E-state index in [4.69, 9.17) is 4.74 Å². The summed E-state index contributed by atoms with van der Waals surface area (Å²) >= 11 is 1.36. The summed E-state index contributed by atoms with van der Waals surface area (Å²) in [4.78, 5) is 29.9. The third kappa shape index (κ3) is 7.76. The first-order valence-corrected chi connectivity index (χ1v) is 16.6. The molecule has 3 aromatic rings. The van der Waals surface area contributed by atoms with Crippen molar-refractivity contribution in [1.82, 2.24) is 14.6 Å². The van der Waals surface area contributed by atoms with Crippen LogP contribution in [0.15, 0.2) is 58.8 Å².